The minimum Gasteiger partial charge on any atom is -0.497 e. The van der Waals surface area contributed by atoms with E-state index in [4.69, 9.17) is 9.47 Å². The highest BCUT2D eigenvalue weighted by Gasteiger charge is 2.41. The van der Waals surface area contributed by atoms with E-state index in [1.165, 1.54) is 12.1 Å². The van der Waals surface area contributed by atoms with Crippen LogP contribution in [0.4, 0.5) is 21.5 Å². The van der Waals surface area contributed by atoms with Crippen molar-refractivity contribution in [3.05, 3.63) is 78.1 Å². The van der Waals surface area contributed by atoms with E-state index >= 15 is 0 Å². The van der Waals surface area contributed by atoms with E-state index in [-0.39, 0.29) is 23.7 Å². The molecular formula is C27H28FN3O3. The maximum atomic E-state index is 13.5. The van der Waals surface area contributed by atoms with Crippen molar-refractivity contribution in [3.63, 3.8) is 0 Å². The molecule has 5 rings (SSSR count). The predicted octanol–water partition coefficient (Wildman–Crippen LogP) is 4.35. The molecule has 7 heteroatoms. The molecule has 2 aliphatic heterocycles. The monoisotopic (exact) mass is 461 g/mol. The van der Waals surface area contributed by atoms with Gasteiger partial charge in [0.05, 0.1) is 26.2 Å². The molecule has 0 radical (unpaired) electrons. The highest BCUT2D eigenvalue weighted by molar-refractivity contribution is 5.94. The van der Waals surface area contributed by atoms with Crippen LogP contribution in [0.5, 0.6) is 11.5 Å². The average molecular weight is 462 g/mol. The second kappa shape index (κ2) is 9.25. The standard InChI is InChI=1S/C27H28FN3O3/c1-33-22-11-8-21(9-12-22)30-13-14-31-25-16-23(34-2)10-3-18(25)15-24(26(31)17-30)27(32)29-20-6-4-19(28)5-7-20/h3-12,16,24,26H,13-15,17H2,1-2H3,(H,29,32). The number of hydrogen-bond donors (Lipinski definition) is 1. The zero-order valence-electron chi connectivity index (χ0n) is 19.3. The van der Waals surface area contributed by atoms with Crippen LogP contribution in [0.15, 0.2) is 66.7 Å². The summed E-state index contributed by atoms with van der Waals surface area (Å²) in [6.07, 6.45) is 0.629. The summed E-state index contributed by atoms with van der Waals surface area (Å²) in [5.74, 6) is 0.987. The topological polar surface area (TPSA) is 54.0 Å². The highest BCUT2D eigenvalue weighted by atomic mass is 19.1. The molecule has 3 aromatic rings. The molecule has 1 amide bonds. The number of nitrogens with zero attached hydrogens (tertiary/aromatic N) is 2. The lowest BCUT2D eigenvalue weighted by Gasteiger charge is -2.49. The molecule has 0 spiro atoms. The van der Waals surface area contributed by atoms with Crippen molar-refractivity contribution in [2.24, 2.45) is 5.92 Å². The van der Waals surface area contributed by atoms with Crippen LogP contribution in [-0.4, -0.2) is 45.8 Å². The summed E-state index contributed by atoms with van der Waals surface area (Å²) < 4.78 is 24.1. The first-order valence-corrected chi connectivity index (χ1v) is 11.4. The molecule has 0 bridgehead atoms. The Bertz CT molecular complexity index is 1170. The van der Waals surface area contributed by atoms with Crippen molar-refractivity contribution < 1.29 is 18.7 Å². The summed E-state index contributed by atoms with van der Waals surface area (Å²) in [6, 6.07) is 20.0. The van der Waals surface area contributed by atoms with Gasteiger partial charge in [-0.05, 0) is 66.6 Å². The Morgan fingerprint density at radius 3 is 2.35 bits per heavy atom. The number of carbonyl (C=O) groups excluding carboxylic acids is 1. The number of nitrogens with one attached hydrogen (secondary N) is 1. The number of methoxy groups -OCH3 is 2. The van der Waals surface area contributed by atoms with Crippen LogP contribution in [0.1, 0.15) is 5.56 Å². The summed E-state index contributed by atoms with van der Waals surface area (Å²) >= 11 is 0. The number of halogens is 1. The van der Waals surface area contributed by atoms with E-state index in [9.17, 15) is 9.18 Å². The molecule has 2 unspecified atom stereocenters. The van der Waals surface area contributed by atoms with Gasteiger partial charge in [-0.3, -0.25) is 4.79 Å². The van der Waals surface area contributed by atoms with Crippen LogP contribution in [0.2, 0.25) is 0 Å². The number of amides is 1. The summed E-state index contributed by atoms with van der Waals surface area (Å²) in [4.78, 5) is 18.1. The number of anilines is 3. The quantitative estimate of drug-likeness (QED) is 0.612. The van der Waals surface area contributed by atoms with Crippen molar-refractivity contribution in [3.8, 4) is 11.5 Å². The lowest BCUT2D eigenvalue weighted by atomic mass is 9.83. The van der Waals surface area contributed by atoms with Crippen LogP contribution in [0.25, 0.3) is 0 Å². The first-order valence-electron chi connectivity index (χ1n) is 11.4. The van der Waals surface area contributed by atoms with Crippen molar-refractivity contribution in [2.45, 2.75) is 12.5 Å². The molecule has 1 N–H and O–H groups in total. The van der Waals surface area contributed by atoms with E-state index in [1.54, 1.807) is 26.4 Å². The van der Waals surface area contributed by atoms with Gasteiger partial charge in [0.2, 0.25) is 5.91 Å². The molecule has 1 fully saturated rings. The van der Waals surface area contributed by atoms with E-state index in [1.807, 2.05) is 18.2 Å². The van der Waals surface area contributed by atoms with E-state index in [0.29, 0.717) is 18.7 Å². The van der Waals surface area contributed by atoms with E-state index in [2.05, 4.69) is 39.4 Å². The normalized spacial score (nSPS) is 19.1. The molecule has 2 heterocycles. The molecule has 3 aromatic carbocycles. The maximum absolute atomic E-state index is 13.5. The highest BCUT2D eigenvalue weighted by Crippen LogP contribution is 2.39. The maximum Gasteiger partial charge on any atom is 0.229 e. The van der Waals surface area contributed by atoms with Crippen molar-refractivity contribution in [2.75, 3.05) is 49.0 Å². The Labute approximate surface area is 198 Å². The number of carbonyl (C=O) groups is 1. The third-order valence-electron chi connectivity index (χ3n) is 6.81. The van der Waals surface area contributed by atoms with Gasteiger partial charge >= 0.3 is 0 Å². The zero-order valence-corrected chi connectivity index (χ0v) is 19.3. The largest absolute Gasteiger partial charge is 0.497 e. The Morgan fingerprint density at radius 2 is 1.65 bits per heavy atom. The molecule has 0 aliphatic carbocycles. The van der Waals surface area contributed by atoms with Crippen molar-refractivity contribution in [1.82, 2.24) is 0 Å². The fraction of sp³-hybridized carbons (Fsp3) is 0.296. The van der Waals surface area contributed by atoms with Gasteiger partial charge in [-0.25, -0.2) is 4.39 Å². The number of hydrogen-bond acceptors (Lipinski definition) is 5. The number of ether oxygens (including phenoxy) is 2. The summed E-state index contributed by atoms with van der Waals surface area (Å²) in [5, 5.41) is 3.00. The molecule has 0 aromatic heterocycles. The second-order valence-corrected chi connectivity index (χ2v) is 8.71. The molecular weight excluding hydrogens is 433 g/mol. The summed E-state index contributed by atoms with van der Waals surface area (Å²) in [5.41, 5.74) is 3.97. The molecule has 6 nitrogen and oxygen atoms in total. The number of benzene rings is 3. The zero-order chi connectivity index (χ0) is 23.7. The molecule has 2 atom stereocenters. The van der Waals surface area contributed by atoms with Crippen LogP contribution < -0.4 is 24.6 Å². The van der Waals surface area contributed by atoms with Gasteiger partial charge in [0.25, 0.3) is 0 Å². The van der Waals surface area contributed by atoms with Crippen LogP contribution >= 0.6 is 0 Å². The van der Waals surface area contributed by atoms with Crippen molar-refractivity contribution >= 4 is 23.0 Å². The van der Waals surface area contributed by atoms with Gasteiger partial charge in [0.15, 0.2) is 0 Å². The summed E-state index contributed by atoms with van der Waals surface area (Å²) in [6.45, 7) is 2.34. The lowest BCUT2D eigenvalue weighted by molar-refractivity contribution is -0.120. The number of fused-ring (bicyclic) bond motifs is 3. The second-order valence-electron chi connectivity index (χ2n) is 8.71. The third kappa shape index (κ3) is 4.25. The molecule has 176 valence electrons. The SMILES string of the molecule is COc1ccc(N2CCN3c4cc(OC)ccc4CC(C(=O)Nc4ccc(F)cc4)C3C2)cc1. The minimum absolute atomic E-state index is 0.0177. The first kappa shape index (κ1) is 22.1. The van der Waals surface area contributed by atoms with Gasteiger partial charge in [-0.2, -0.15) is 0 Å². The molecule has 34 heavy (non-hydrogen) atoms. The Hall–Kier alpha value is -3.74. The lowest BCUT2D eigenvalue weighted by Crippen LogP contribution is -2.60. The average Bonchev–Trinajstić information content (AvgIpc) is 2.88. The van der Waals surface area contributed by atoms with Gasteiger partial charge < -0.3 is 24.6 Å². The number of rotatable bonds is 5. The van der Waals surface area contributed by atoms with Crippen LogP contribution in [-0.2, 0) is 11.2 Å². The molecule has 2 aliphatic rings. The smallest absolute Gasteiger partial charge is 0.229 e. The van der Waals surface area contributed by atoms with Gasteiger partial charge in [0, 0.05) is 42.8 Å². The Balaban J connectivity index is 1.45. The van der Waals surface area contributed by atoms with E-state index in [0.717, 1.165) is 41.5 Å². The van der Waals surface area contributed by atoms with Gasteiger partial charge in [-0.15, -0.1) is 0 Å². The first-order chi connectivity index (χ1) is 16.6. The molecule has 1 saturated heterocycles. The van der Waals surface area contributed by atoms with Crippen LogP contribution in [0, 0.1) is 11.7 Å². The van der Waals surface area contributed by atoms with E-state index < -0.39 is 0 Å². The van der Waals surface area contributed by atoms with Gasteiger partial charge in [-0.1, -0.05) is 6.07 Å². The van der Waals surface area contributed by atoms with Crippen LogP contribution in [0.3, 0.4) is 0 Å². The summed E-state index contributed by atoms with van der Waals surface area (Å²) in [7, 11) is 3.33. The fourth-order valence-electron chi connectivity index (χ4n) is 5.00. The third-order valence-corrected chi connectivity index (χ3v) is 6.81. The fourth-order valence-corrected chi connectivity index (χ4v) is 5.00. The minimum atomic E-state index is -0.327. The number of piperazine rings is 1. The Kier molecular flexibility index (Phi) is 6.01. The van der Waals surface area contributed by atoms with Crippen molar-refractivity contribution in [1.29, 1.82) is 0 Å². The molecule has 0 saturated carbocycles. The van der Waals surface area contributed by atoms with Gasteiger partial charge in [0.1, 0.15) is 17.3 Å². The Morgan fingerprint density at radius 1 is 0.941 bits per heavy atom. The predicted molar refractivity (Wildman–Crippen MR) is 132 cm³/mol.